The minimum absolute atomic E-state index is 0.0178. The number of carbonyl (C=O) groups excluding carboxylic acids is 4. The molecule has 2 unspecified atom stereocenters. The predicted octanol–water partition coefficient (Wildman–Crippen LogP) is 3.80. The molecule has 10 heteroatoms. The van der Waals surface area contributed by atoms with Gasteiger partial charge < -0.3 is 30.1 Å². The monoisotopic (exact) mass is 555 g/mol. The van der Waals surface area contributed by atoms with Crippen molar-refractivity contribution in [1.29, 1.82) is 0 Å². The van der Waals surface area contributed by atoms with Crippen LogP contribution in [0.4, 0.5) is 4.79 Å². The summed E-state index contributed by atoms with van der Waals surface area (Å²) in [5, 5.41) is 16.3. The molecule has 0 bridgehead atoms. The molecule has 0 heterocycles. The third kappa shape index (κ3) is 9.59. The van der Waals surface area contributed by atoms with E-state index in [4.69, 9.17) is 9.47 Å². The van der Waals surface area contributed by atoms with Crippen LogP contribution in [0.1, 0.15) is 63.8 Å². The Labute approximate surface area is 236 Å². The summed E-state index contributed by atoms with van der Waals surface area (Å²) in [7, 11) is 0. The fraction of sp³-hybridized carbons (Fsp3) is 0.467. The zero-order chi connectivity index (χ0) is 29.9. The van der Waals surface area contributed by atoms with Crippen LogP contribution in [0.2, 0.25) is 0 Å². The molecule has 0 saturated carbocycles. The average Bonchev–Trinajstić information content (AvgIpc) is 2.88. The molecule has 0 fully saturated rings. The number of phenols is 1. The van der Waals surface area contributed by atoms with Crippen LogP contribution < -0.4 is 10.6 Å². The van der Waals surface area contributed by atoms with Gasteiger partial charge in [0.05, 0.1) is 13.0 Å². The second kappa shape index (κ2) is 14.9. The lowest BCUT2D eigenvalue weighted by Crippen LogP contribution is -2.53. The van der Waals surface area contributed by atoms with Crippen LogP contribution in [0, 0.1) is 6.92 Å². The fourth-order valence-corrected chi connectivity index (χ4v) is 4.14. The SMILES string of the molecule is CCOC(=O)CCNC(=O)C(c1cccc(C)c1O)N(CC)C(=O)C(Cc1ccccc1)NC(=O)OC(C)(C)C. The number of para-hydroxylation sites is 1. The Bertz CT molecular complexity index is 1160. The number of hydrogen-bond acceptors (Lipinski definition) is 7. The van der Waals surface area contributed by atoms with E-state index >= 15 is 0 Å². The highest BCUT2D eigenvalue weighted by Crippen LogP contribution is 2.32. The number of aryl methyl sites for hydroxylation is 1. The van der Waals surface area contributed by atoms with Gasteiger partial charge >= 0.3 is 12.1 Å². The maximum atomic E-state index is 14.1. The summed E-state index contributed by atoms with van der Waals surface area (Å²) in [4.78, 5) is 53.5. The van der Waals surface area contributed by atoms with Crippen molar-refractivity contribution >= 4 is 23.9 Å². The van der Waals surface area contributed by atoms with Crippen molar-refractivity contribution in [3.8, 4) is 5.75 Å². The molecule has 2 aromatic carbocycles. The quantitative estimate of drug-likeness (QED) is 0.339. The van der Waals surface area contributed by atoms with Gasteiger partial charge in [0.1, 0.15) is 23.4 Å². The lowest BCUT2D eigenvalue weighted by molar-refractivity contribution is -0.144. The number of phenolic OH excluding ortho intramolecular Hbond substituents is 1. The number of nitrogens with zero attached hydrogens (tertiary/aromatic N) is 1. The first-order valence-electron chi connectivity index (χ1n) is 13.4. The lowest BCUT2D eigenvalue weighted by atomic mass is 9.98. The van der Waals surface area contributed by atoms with Gasteiger partial charge in [0.15, 0.2) is 0 Å². The summed E-state index contributed by atoms with van der Waals surface area (Å²) in [6, 6.07) is 11.8. The summed E-state index contributed by atoms with van der Waals surface area (Å²) >= 11 is 0. The first-order valence-corrected chi connectivity index (χ1v) is 13.4. The van der Waals surface area contributed by atoms with Gasteiger partial charge in [-0.05, 0) is 52.7 Å². The van der Waals surface area contributed by atoms with Gasteiger partial charge in [-0.1, -0.05) is 48.5 Å². The van der Waals surface area contributed by atoms with Gasteiger partial charge in [0.25, 0.3) is 0 Å². The number of alkyl carbamates (subject to hydrolysis) is 1. The minimum atomic E-state index is -1.24. The third-order valence-electron chi connectivity index (χ3n) is 5.95. The van der Waals surface area contributed by atoms with Crippen LogP contribution in [-0.2, 0) is 30.3 Å². The van der Waals surface area contributed by atoms with Crippen molar-refractivity contribution in [3.05, 3.63) is 65.2 Å². The van der Waals surface area contributed by atoms with E-state index in [9.17, 15) is 24.3 Å². The molecule has 0 aromatic heterocycles. The third-order valence-corrected chi connectivity index (χ3v) is 5.95. The van der Waals surface area contributed by atoms with E-state index in [1.165, 1.54) is 4.90 Å². The average molecular weight is 556 g/mol. The standard InChI is InChI=1S/C30H41N3O7/c1-7-33(28(37)23(19-21-14-10-9-11-15-21)32-29(38)40-30(4,5)6)25(22-16-12-13-20(3)26(22)35)27(36)31-18-17-24(34)39-8-2/h9-16,23,25,35H,7-8,17-19H2,1-6H3,(H,31,36)(H,32,38). The molecule has 0 radical (unpaired) electrons. The summed E-state index contributed by atoms with van der Waals surface area (Å²) in [6.07, 6.45) is -0.679. The highest BCUT2D eigenvalue weighted by Gasteiger charge is 2.37. The molecular weight excluding hydrogens is 514 g/mol. The predicted molar refractivity (Wildman–Crippen MR) is 151 cm³/mol. The van der Waals surface area contributed by atoms with Crippen LogP contribution in [0.25, 0.3) is 0 Å². The first-order chi connectivity index (χ1) is 18.9. The molecule has 10 nitrogen and oxygen atoms in total. The fourth-order valence-electron chi connectivity index (χ4n) is 4.14. The Morgan fingerprint density at radius 1 is 1.00 bits per heavy atom. The molecule has 2 aromatic rings. The van der Waals surface area contributed by atoms with E-state index in [0.29, 0.717) is 5.56 Å². The summed E-state index contributed by atoms with van der Waals surface area (Å²) in [5.74, 6) is -1.72. The first kappa shape index (κ1) is 32.1. The Morgan fingerprint density at radius 2 is 1.68 bits per heavy atom. The van der Waals surface area contributed by atoms with Gasteiger partial charge in [-0.15, -0.1) is 0 Å². The Balaban J connectivity index is 2.45. The number of hydrogen-bond donors (Lipinski definition) is 3. The molecule has 0 spiro atoms. The minimum Gasteiger partial charge on any atom is -0.507 e. The molecule has 218 valence electrons. The number of amides is 3. The molecule has 0 aliphatic carbocycles. The number of carbonyl (C=O) groups is 4. The molecule has 2 rings (SSSR count). The Hall–Kier alpha value is -4.08. The number of aromatic hydroxyl groups is 1. The Kier molecular flexibility index (Phi) is 12.0. The van der Waals surface area contributed by atoms with Crippen LogP contribution in [-0.4, -0.2) is 65.2 Å². The molecule has 0 aliphatic rings. The van der Waals surface area contributed by atoms with Crippen LogP contribution in [0.5, 0.6) is 5.75 Å². The zero-order valence-electron chi connectivity index (χ0n) is 24.2. The van der Waals surface area contributed by atoms with Gasteiger partial charge in [0, 0.05) is 25.1 Å². The van der Waals surface area contributed by atoms with Crippen LogP contribution in [0.3, 0.4) is 0 Å². The van der Waals surface area contributed by atoms with Crippen molar-refractivity contribution in [2.24, 2.45) is 0 Å². The van der Waals surface area contributed by atoms with E-state index in [1.807, 2.05) is 30.3 Å². The number of esters is 1. The van der Waals surface area contributed by atoms with Crippen LogP contribution in [0.15, 0.2) is 48.5 Å². The summed E-state index contributed by atoms with van der Waals surface area (Å²) < 4.78 is 10.3. The van der Waals surface area contributed by atoms with Gasteiger partial charge in [-0.2, -0.15) is 0 Å². The normalized spacial score (nSPS) is 12.6. The molecule has 0 saturated heterocycles. The molecule has 40 heavy (non-hydrogen) atoms. The molecule has 3 amide bonds. The second-order valence-electron chi connectivity index (χ2n) is 10.3. The summed E-state index contributed by atoms with van der Waals surface area (Å²) in [5.41, 5.74) is 0.753. The number of likely N-dealkylation sites (N-methyl/N-ethyl adjacent to an activating group) is 1. The highest BCUT2D eigenvalue weighted by atomic mass is 16.6. The van der Waals surface area contributed by atoms with E-state index < -0.39 is 41.6 Å². The van der Waals surface area contributed by atoms with E-state index in [1.54, 1.807) is 59.7 Å². The van der Waals surface area contributed by atoms with Crippen molar-refractivity contribution in [2.45, 2.75) is 72.1 Å². The van der Waals surface area contributed by atoms with Gasteiger partial charge in [-0.25, -0.2) is 4.79 Å². The van der Waals surface area contributed by atoms with E-state index in [-0.39, 0.29) is 43.9 Å². The van der Waals surface area contributed by atoms with E-state index in [0.717, 1.165) is 5.56 Å². The van der Waals surface area contributed by atoms with Crippen molar-refractivity contribution < 1.29 is 33.8 Å². The van der Waals surface area contributed by atoms with E-state index in [2.05, 4.69) is 10.6 Å². The Morgan fingerprint density at radius 3 is 2.27 bits per heavy atom. The molecular formula is C30H41N3O7. The number of nitrogens with one attached hydrogen (secondary N) is 2. The molecule has 0 aliphatic heterocycles. The number of rotatable bonds is 12. The van der Waals surface area contributed by atoms with Crippen molar-refractivity contribution in [2.75, 3.05) is 19.7 Å². The number of ether oxygens (including phenoxy) is 2. The van der Waals surface area contributed by atoms with Crippen LogP contribution >= 0.6 is 0 Å². The number of benzene rings is 2. The molecule has 2 atom stereocenters. The van der Waals surface area contributed by atoms with Crippen molar-refractivity contribution in [1.82, 2.24) is 15.5 Å². The lowest BCUT2D eigenvalue weighted by Gasteiger charge is -2.34. The topological polar surface area (TPSA) is 134 Å². The second-order valence-corrected chi connectivity index (χ2v) is 10.3. The maximum absolute atomic E-state index is 14.1. The largest absolute Gasteiger partial charge is 0.507 e. The summed E-state index contributed by atoms with van der Waals surface area (Å²) in [6.45, 7) is 10.5. The van der Waals surface area contributed by atoms with Gasteiger partial charge in [-0.3, -0.25) is 14.4 Å². The zero-order valence-corrected chi connectivity index (χ0v) is 24.2. The van der Waals surface area contributed by atoms with Gasteiger partial charge in [0.2, 0.25) is 11.8 Å². The highest BCUT2D eigenvalue weighted by molar-refractivity contribution is 5.93. The smallest absolute Gasteiger partial charge is 0.408 e. The maximum Gasteiger partial charge on any atom is 0.408 e. The van der Waals surface area contributed by atoms with Crippen molar-refractivity contribution in [3.63, 3.8) is 0 Å². The molecule has 3 N–H and O–H groups in total.